The summed E-state index contributed by atoms with van der Waals surface area (Å²) in [6.45, 7) is 3.15. The zero-order valence-corrected chi connectivity index (χ0v) is 13.7. The van der Waals surface area contributed by atoms with Crippen molar-refractivity contribution in [1.29, 1.82) is 0 Å². The Kier molecular flexibility index (Phi) is 5.74. The summed E-state index contributed by atoms with van der Waals surface area (Å²) in [5, 5.41) is 13.4. The molecule has 1 heterocycles. The summed E-state index contributed by atoms with van der Waals surface area (Å²) in [5.74, 6) is -0.712. The smallest absolute Gasteiger partial charge is 0.319 e. The highest BCUT2D eigenvalue weighted by Crippen LogP contribution is 2.24. The second-order valence-corrected chi connectivity index (χ2v) is 6.03. The summed E-state index contributed by atoms with van der Waals surface area (Å²) >= 11 is 0. The zero-order valence-electron chi connectivity index (χ0n) is 13.7. The first-order valence-corrected chi connectivity index (χ1v) is 7.79. The van der Waals surface area contributed by atoms with E-state index in [1.54, 1.807) is 4.90 Å². The Hall–Kier alpha value is -1.92. The Bertz CT molecular complexity index is 575. The lowest BCUT2D eigenvalue weighted by Gasteiger charge is -2.38. The van der Waals surface area contributed by atoms with Crippen LogP contribution in [0.15, 0.2) is 24.3 Å². The van der Waals surface area contributed by atoms with E-state index < -0.39 is 11.6 Å². The highest BCUT2D eigenvalue weighted by atomic mass is 16.5. The second kappa shape index (κ2) is 7.57. The molecule has 0 bridgehead atoms. The van der Waals surface area contributed by atoms with Crippen molar-refractivity contribution in [2.45, 2.75) is 31.9 Å². The molecule has 23 heavy (non-hydrogen) atoms. The number of hydrogen-bond donors (Lipinski definition) is 2. The summed E-state index contributed by atoms with van der Waals surface area (Å²) in [6, 6.07) is 7.98. The molecule has 126 valence electrons. The van der Waals surface area contributed by atoms with Gasteiger partial charge in [-0.1, -0.05) is 29.8 Å². The standard InChI is InChI=1S/C17H24N2O4/c1-13-5-3-6-14(9-13)11-19-8-4-7-17(22,16(19)21)12-18-10-15(20)23-2/h3,5-6,9,18,22H,4,7-8,10-12H2,1-2H3/t17-/m1/s1. The van der Waals surface area contributed by atoms with Gasteiger partial charge in [0.05, 0.1) is 13.7 Å². The molecule has 0 aliphatic carbocycles. The maximum Gasteiger partial charge on any atom is 0.319 e. The van der Waals surface area contributed by atoms with Crippen LogP contribution >= 0.6 is 0 Å². The quantitative estimate of drug-likeness (QED) is 0.751. The first-order chi connectivity index (χ1) is 10.9. The predicted molar refractivity (Wildman–Crippen MR) is 85.7 cm³/mol. The Morgan fingerprint density at radius 3 is 2.96 bits per heavy atom. The lowest BCUT2D eigenvalue weighted by Crippen LogP contribution is -2.58. The van der Waals surface area contributed by atoms with Crippen molar-refractivity contribution in [3.05, 3.63) is 35.4 Å². The van der Waals surface area contributed by atoms with Crippen molar-refractivity contribution in [1.82, 2.24) is 10.2 Å². The third kappa shape index (κ3) is 4.53. The van der Waals surface area contributed by atoms with E-state index in [0.29, 0.717) is 19.5 Å². The van der Waals surface area contributed by atoms with Crippen LogP contribution in [0.1, 0.15) is 24.0 Å². The van der Waals surface area contributed by atoms with Crippen molar-refractivity contribution in [3.8, 4) is 0 Å². The van der Waals surface area contributed by atoms with Crippen molar-refractivity contribution in [3.63, 3.8) is 0 Å². The van der Waals surface area contributed by atoms with Crippen LogP contribution in [0.25, 0.3) is 0 Å². The first kappa shape index (κ1) is 17.4. The van der Waals surface area contributed by atoms with E-state index >= 15 is 0 Å². The molecule has 1 amide bonds. The molecule has 1 aromatic carbocycles. The topological polar surface area (TPSA) is 78.9 Å². The molecule has 0 radical (unpaired) electrons. The summed E-state index contributed by atoms with van der Waals surface area (Å²) in [6.07, 6.45) is 1.12. The number of nitrogens with one attached hydrogen (secondary N) is 1. The highest BCUT2D eigenvalue weighted by molar-refractivity contribution is 5.86. The number of hydrogen-bond acceptors (Lipinski definition) is 5. The van der Waals surface area contributed by atoms with Gasteiger partial charge in [0, 0.05) is 19.6 Å². The van der Waals surface area contributed by atoms with Gasteiger partial charge in [-0.15, -0.1) is 0 Å². The molecule has 0 spiro atoms. The van der Waals surface area contributed by atoms with Crippen molar-refractivity contribution in [2.75, 3.05) is 26.7 Å². The van der Waals surface area contributed by atoms with E-state index in [4.69, 9.17) is 0 Å². The number of likely N-dealkylation sites (tertiary alicyclic amines) is 1. The molecular weight excluding hydrogens is 296 g/mol. The van der Waals surface area contributed by atoms with Gasteiger partial charge in [0.2, 0.25) is 0 Å². The molecule has 1 aliphatic rings. The summed E-state index contributed by atoms with van der Waals surface area (Å²) in [5.41, 5.74) is 0.725. The van der Waals surface area contributed by atoms with Crippen molar-refractivity contribution in [2.24, 2.45) is 0 Å². The van der Waals surface area contributed by atoms with Crippen LogP contribution in [0.4, 0.5) is 0 Å². The number of aliphatic hydroxyl groups is 1. The highest BCUT2D eigenvalue weighted by Gasteiger charge is 2.41. The molecule has 6 nitrogen and oxygen atoms in total. The van der Waals surface area contributed by atoms with Crippen molar-refractivity contribution >= 4 is 11.9 Å². The molecule has 1 atom stereocenters. The minimum atomic E-state index is -1.46. The van der Waals surface area contributed by atoms with E-state index in [0.717, 1.165) is 17.5 Å². The molecule has 6 heteroatoms. The van der Waals surface area contributed by atoms with E-state index in [2.05, 4.69) is 10.1 Å². The number of amides is 1. The largest absolute Gasteiger partial charge is 0.468 e. The summed E-state index contributed by atoms with van der Waals surface area (Å²) in [4.78, 5) is 25.4. The number of aryl methyl sites for hydroxylation is 1. The van der Waals surface area contributed by atoms with Crippen LogP contribution in [0.2, 0.25) is 0 Å². The fraction of sp³-hybridized carbons (Fsp3) is 0.529. The Morgan fingerprint density at radius 1 is 1.48 bits per heavy atom. The lowest BCUT2D eigenvalue weighted by molar-refractivity contribution is -0.157. The molecule has 0 saturated carbocycles. The van der Waals surface area contributed by atoms with Crippen LogP contribution in [0.3, 0.4) is 0 Å². The fourth-order valence-corrected chi connectivity index (χ4v) is 2.85. The van der Waals surface area contributed by atoms with E-state index in [1.807, 2.05) is 31.2 Å². The number of carbonyl (C=O) groups excluding carboxylic acids is 2. The minimum absolute atomic E-state index is 0.0238. The molecule has 2 N–H and O–H groups in total. The number of rotatable bonds is 6. The predicted octanol–water partition coefficient (Wildman–Crippen LogP) is 0.611. The van der Waals surface area contributed by atoms with Gasteiger partial charge in [0.15, 0.2) is 5.60 Å². The number of esters is 1. The van der Waals surface area contributed by atoms with Crippen LogP contribution in [-0.4, -0.2) is 54.2 Å². The van der Waals surface area contributed by atoms with Crippen LogP contribution < -0.4 is 5.32 Å². The van der Waals surface area contributed by atoms with Crippen LogP contribution in [-0.2, 0) is 20.9 Å². The number of carbonyl (C=O) groups is 2. The lowest BCUT2D eigenvalue weighted by atomic mass is 9.91. The van der Waals surface area contributed by atoms with Gasteiger partial charge < -0.3 is 20.1 Å². The van der Waals surface area contributed by atoms with Gasteiger partial charge in [-0.2, -0.15) is 0 Å². The summed E-state index contributed by atoms with van der Waals surface area (Å²) < 4.78 is 4.53. The number of benzene rings is 1. The molecular formula is C17H24N2O4. The Morgan fingerprint density at radius 2 is 2.26 bits per heavy atom. The van der Waals surface area contributed by atoms with Gasteiger partial charge in [-0.25, -0.2) is 0 Å². The third-order valence-electron chi connectivity index (χ3n) is 4.07. The van der Waals surface area contributed by atoms with Gasteiger partial charge in [0.25, 0.3) is 5.91 Å². The maximum atomic E-state index is 12.6. The van der Waals surface area contributed by atoms with Gasteiger partial charge >= 0.3 is 5.97 Å². The Balaban J connectivity index is 1.98. The number of nitrogens with zero attached hydrogens (tertiary/aromatic N) is 1. The average Bonchev–Trinajstić information content (AvgIpc) is 2.52. The van der Waals surface area contributed by atoms with Gasteiger partial charge in [-0.3, -0.25) is 9.59 Å². The normalized spacial score (nSPS) is 21.3. The average molecular weight is 320 g/mol. The third-order valence-corrected chi connectivity index (χ3v) is 4.07. The fourth-order valence-electron chi connectivity index (χ4n) is 2.85. The number of ether oxygens (including phenoxy) is 1. The van der Waals surface area contributed by atoms with E-state index in [9.17, 15) is 14.7 Å². The minimum Gasteiger partial charge on any atom is -0.468 e. The molecule has 1 saturated heterocycles. The monoisotopic (exact) mass is 320 g/mol. The first-order valence-electron chi connectivity index (χ1n) is 7.79. The number of methoxy groups -OCH3 is 1. The van der Waals surface area contributed by atoms with Crippen LogP contribution in [0.5, 0.6) is 0 Å². The SMILES string of the molecule is COC(=O)CNC[C@]1(O)CCCN(Cc2cccc(C)c2)C1=O. The van der Waals surface area contributed by atoms with E-state index in [1.165, 1.54) is 7.11 Å². The Labute approximate surface area is 136 Å². The zero-order chi connectivity index (χ0) is 16.9. The molecule has 0 unspecified atom stereocenters. The summed E-state index contributed by atoms with van der Waals surface area (Å²) in [7, 11) is 1.30. The second-order valence-electron chi connectivity index (χ2n) is 6.03. The molecule has 1 fully saturated rings. The molecule has 2 rings (SSSR count). The number of piperidine rings is 1. The van der Waals surface area contributed by atoms with Gasteiger partial charge in [0.1, 0.15) is 0 Å². The molecule has 1 aliphatic heterocycles. The maximum absolute atomic E-state index is 12.6. The van der Waals surface area contributed by atoms with E-state index in [-0.39, 0.29) is 19.0 Å². The molecule has 0 aromatic heterocycles. The van der Waals surface area contributed by atoms with Crippen molar-refractivity contribution < 1.29 is 19.4 Å². The van der Waals surface area contributed by atoms with Crippen LogP contribution in [0, 0.1) is 6.92 Å². The van der Waals surface area contributed by atoms with Gasteiger partial charge in [-0.05, 0) is 25.3 Å². The molecule has 1 aromatic rings.